The van der Waals surface area contributed by atoms with Gasteiger partial charge in [-0.1, -0.05) is 18.2 Å². The highest BCUT2D eigenvalue weighted by Gasteiger charge is 2.06. The fourth-order valence-corrected chi connectivity index (χ4v) is 2.75. The van der Waals surface area contributed by atoms with Gasteiger partial charge in [0.25, 0.3) is 0 Å². The summed E-state index contributed by atoms with van der Waals surface area (Å²) in [6.07, 6.45) is 0. The Morgan fingerprint density at radius 1 is 1.06 bits per heavy atom. The van der Waals surface area contributed by atoms with Crippen LogP contribution in [0.15, 0.2) is 47.8 Å². The summed E-state index contributed by atoms with van der Waals surface area (Å²) in [7, 11) is 0. The molecule has 0 amide bonds. The highest BCUT2D eigenvalue weighted by Crippen LogP contribution is 2.33. The lowest BCUT2D eigenvalue weighted by Crippen LogP contribution is -1.96. The molecule has 0 saturated carbocycles. The maximum absolute atomic E-state index is 13.2. The molecule has 0 atom stereocenters. The molecule has 0 spiro atoms. The number of benzene rings is 2. The van der Waals surface area contributed by atoms with E-state index in [1.807, 2.05) is 23.6 Å². The van der Waals surface area contributed by atoms with Crippen LogP contribution in [0.4, 0.5) is 21.5 Å². The average molecular weight is 258 g/mol. The van der Waals surface area contributed by atoms with Crippen molar-refractivity contribution < 1.29 is 4.39 Å². The first-order valence-corrected chi connectivity index (χ1v) is 6.40. The van der Waals surface area contributed by atoms with Gasteiger partial charge in [-0.3, -0.25) is 0 Å². The third-order valence-electron chi connectivity index (χ3n) is 2.77. The van der Waals surface area contributed by atoms with Crippen LogP contribution in [0.2, 0.25) is 0 Å². The molecule has 0 aliphatic carbocycles. The Hall–Kier alpha value is -2.07. The standard InChI is InChI=1S/C14H11FN2S/c15-9-5-6-11(16)12(7-9)17-13-8-18-14-4-2-1-3-10(13)14/h1-8,17H,16H2. The van der Waals surface area contributed by atoms with Crippen LogP contribution in [0.25, 0.3) is 10.1 Å². The van der Waals surface area contributed by atoms with Gasteiger partial charge in [-0.05, 0) is 24.3 Å². The summed E-state index contributed by atoms with van der Waals surface area (Å²) in [5.74, 6) is -0.300. The van der Waals surface area contributed by atoms with Crippen molar-refractivity contribution >= 4 is 38.5 Å². The first kappa shape index (κ1) is 11.0. The van der Waals surface area contributed by atoms with Crippen LogP contribution in [-0.4, -0.2) is 0 Å². The molecule has 0 aliphatic rings. The molecular formula is C14H11FN2S. The van der Waals surface area contributed by atoms with E-state index in [0.717, 1.165) is 11.1 Å². The zero-order valence-corrected chi connectivity index (χ0v) is 10.3. The van der Waals surface area contributed by atoms with E-state index < -0.39 is 0 Å². The number of fused-ring (bicyclic) bond motifs is 1. The van der Waals surface area contributed by atoms with Crippen molar-refractivity contribution in [1.82, 2.24) is 0 Å². The van der Waals surface area contributed by atoms with Gasteiger partial charge >= 0.3 is 0 Å². The molecule has 2 aromatic carbocycles. The quantitative estimate of drug-likeness (QED) is 0.670. The lowest BCUT2D eigenvalue weighted by molar-refractivity contribution is 0.628. The minimum atomic E-state index is -0.300. The maximum atomic E-state index is 13.2. The van der Waals surface area contributed by atoms with Gasteiger partial charge in [-0.15, -0.1) is 11.3 Å². The Kier molecular flexibility index (Phi) is 2.64. The molecule has 0 saturated heterocycles. The highest BCUT2D eigenvalue weighted by atomic mass is 32.1. The van der Waals surface area contributed by atoms with Gasteiger partial charge in [-0.2, -0.15) is 0 Å². The first-order valence-electron chi connectivity index (χ1n) is 5.52. The normalized spacial score (nSPS) is 10.7. The minimum absolute atomic E-state index is 0.300. The molecule has 0 fully saturated rings. The first-order chi connectivity index (χ1) is 8.74. The molecule has 3 N–H and O–H groups in total. The van der Waals surface area contributed by atoms with Crippen molar-refractivity contribution in [3.05, 3.63) is 53.7 Å². The summed E-state index contributed by atoms with van der Waals surface area (Å²) in [5.41, 5.74) is 7.91. The molecule has 1 heterocycles. The molecule has 2 nitrogen and oxygen atoms in total. The van der Waals surface area contributed by atoms with E-state index in [1.54, 1.807) is 17.4 Å². The number of hydrogen-bond donors (Lipinski definition) is 2. The van der Waals surface area contributed by atoms with Crippen LogP contribution in [0, 0.1) is 5.82 Å². The summed E-state index contributed by atoms with van der Waals surface area (Å²) in [5, 5.41) is 6.31. The second kappa shape index (κ2) is 4.31. The van der Waals surface area contributed by atoms with Crippen molar-refractivity contribution in [2.45, 2.75) is 0 Å². The number of nitrogens with one attached hydrogen (secondary N) is 1. The Labute approximate surface area is 108 Å². The number of thiophene rings is 1. The van der Waals surface area contributed by atoms with Crippen LogP contribution >= 0.6 is 11.3 Å². The largest absolute Gasteiger partial charge is 0.397 e. The van der Waals surface area contributed by atoms with Crippen molar-refractivity contribution in [2.75, 3.05) is 11.1 Å². The van der Waals surface area contributed by atoms with Crippen LogP contribution < -0.4 is 11.1 Å². The molecule has 18 heavy (non-hydrogen) atoms. The van der Waals surface area contributed by atoms with Gasteiger partial charge < -0.3 is 11.1 Å². The van der Waals surface area contributed by atoms with E-state index in [1.165, 1.54) is 16.8 Å². The zero-order valence-electron chi connectivity index (χ0n) is 9.48. The van der Waals surface area contributed by atoms with Gasteiger partial charge in [0.2, 0.25) is 0 Å². The van der Waals surface area contributed by atoms with E-state index in [-0.39, 0.29) is 5.82 Å². The van der Waals surface area contributed by atoms with E-state index in [9.17, 15) is 4.39 Å². The SMILES string of the molecule is Nc1ccc(F)cc1Nc1csc2ccccc12. The Morgan fingerprint density at radius 2 is 1.89 bits per heavy atom. The number of nitrogen functional groups attached to an aromatic ring is 1. The maximum Gasteiger partial charge on any atom is 0.125 e. The number of halogens is 1. The van der Waals surface area contributed by atoms with E-state index in [0.29, 0.717) is 11.4 Å². The van der Waals surface area contributed by atoms with Crippen molar-refractivity contribution in [1.29, 1.82) is 0 Å². The molecule has 90 valence electrons. The third-order valence-corrected chi connectivity index (χ3v) is 3.73. The number of hydrogen-bond acceptors (Lipinski definition) is 3. The van der Waals surface area contributed by atoms with Crippen LogP contribution in [0.1, 0.15) is 0 Å². The predicted molar refractivity (Wildman–Crippen MR) is 75.9 cm³/mol. The molecule has 0 unspecified atom stereocenters. The monoisotopic (exact) mass is 258 g/mol. The second-order valence-electron chi connectivity index (χ2n) is 4.00. The fourth-order valence-electron chi connectivity index (χ4n) is 1.86. The minimum Gasteiger partial charge on any atom is -0.397 e. The van der Waals surface area contributed by atoms with Crippen molar-refractivity contribution in [3.63, 3.8) is 0 Å². The van der Waals surface area contributed by atoms with Gasteiger partial charge in [0.05, 0.1) is 17.1 Å². The molecule has 4 heteroatoms. The Bertz CT molecular complexity index is 706. The van der Waals surface area contributed by atoms with Gasteiger partial charge in [0.15, 0.2) is 0 Å². The van der Waals surface area contributed by atoms with Gasteiger partial charge in [0, 0.05) is 15.5 Å². The fraction of sp³-hybridized carbons (Fsp3) is 0. The molecule has 0 radical (unpaired) electrons. The van der Waals surface area contributed by atoms with E-state index in [2.05, 4.69) is 11.4 Å². The smallest absolute Gasteiger partial charge is 0.125 e. The van der Waals surface area contributed by atoms with Crippen molar-refractivity contribution in [3.8, 4) is 0 Å². The Balaban J connectivity index is 2.04. The third kappa shape index (κ3) is 1.91. The molecular weight excluding hydrogens is 247 g/mol. The van der Waals surface area contributed by atoms with Crippen LogP contribution in [-0.2, 0) is 0 Å². The Morgan fingerprint density at radius 3 is 2.78 bits per heavy atom. The summed E-state index contributed by atoms with van der Waals surface area (Å²) in [4.78, 5) is 0. The summed E-state index contributed by atoms with van der Waals surface area (Å²) in [6, 6.07) is 12.4. The lowest BCUT2D eigenvalue weighted by atomic mass is 10.2. The van der Waals surface area contributed by atoms with E-state index in [4.69, 9.17) is 5.73 Å². The number of rotatable bonds is 2. The summed E-state index contributed by atoms with van der Waals surface area (Å²) < 4.78 is 14.4. The number of nitrogens with two attached hydrogens (primary N) is 1. The number of anilines is 3. The molecule has 0 aliphatic heterocycles. The predicted octanol–water partition coefficient (Wildman–Crippen LogP) is 4.37. The lowest BCUT2D eigenvalue weighted by Gasteiger charge is -2.08. The topological polar surface area (TPSA) is 38.0 Å². The zero-order chi connectivity index (χ0) is 12.5. The highest BCUT2D eigenvalue weighted by molar-refractivity contribution is 7.17. The average Bonchev–Trinajstić information content (AvgIpc) is 2.78. The van der Waals surface area contributed by atoms with Crippen LogP contribution in [0.3, 0.4) is 0 Å². The summed E-state index contributed by atoms with van der Waals surface area (Å²) >= 11 is 1.65. The van der Waals surface area contributed by atoms with Gasteiger partial charge in [-0.25, -0.2) is 4.39 Å². The second-order valence-corrected chi connectivity index (χ2v) is 4.91. The van der Waals surface area contributed by atoms with E-state index >= 15 is 0 Å². The molecule has 1 aromatic heterocycles. The molecule has 0 bridgehead atoms. The van der Waals surface area contributed by atoms with Gasteiger partial charge in [0.1, 0.15) is 5.82 Å². The molecule has 3 rings (SSSR count). The molecule has 3 aromatic rings. The van der Waals surface area contributed by atoms with Crippen LogP contribution in [0.5, 0.6) is 0 Å². The van der Waals surface area contributed by atoms with Crippen molar-refractivity contribution in [2.24, 2.45) is 0 Å². The summed E-state index contributed by atoms with van der Waals surface area (Å²) in [6.45, 7) is 0.